The van der Waals surface area contributed by atoms with Crippen molar-refractivity contribution in [3.8, 4) is 23.9 Å². The summed E-state index contributed by atoms with van der Waals surface area (Å²) >= 11 is 13.5. The molecule has 1 aromatic rings. The third kappa shape index (κ3) is 3.59. The lowest BCUT2D eigenvalue weighted by atomic mass is 10.3. The molecule has 24 heavy (non-hydrogen) atoms. The first kappa shape index (κ1) is 16.9. The number of hydrogen-bond acceptors (Lipinski definition) is 5. The number of rotatable bonds is 5. The number of fused-ring (bicyclic) bond motifs is 1. The van der Waals surface area contributed by atoms with Gasteiger partial charge >= 0.3 is 0 Å². The first-order valence-corrected chi connectivity index (χ1v) is 8.70. The molecule has 2 aliphatic heterocycles. The fourth-order valence-corrected chi connectivity index (χ4v) is 3.43. The minimum Gasteiger partial charge on any atom is -0.382 e. The number of nitrogens with two attached hydrogens (primary N) is 1. The smallest absolute Gasteiger partial charge is 0.195 e. The van der Waals surface area contributed by atoms with E-state index in [0.717, 1.165) is 11.3 Å². The van der Waals surface area contributed by atoms with Crippen molar-refractivity contribution in [2.75, 3.05) is 5.73 Å². The molecule has 5 nitrogen and oxygen atoms in total. The number of aryl methyl sites for hydroxylation is 1. The molecule has 0 bridgehead atoms. The lowest BCUT2D eigenvalue weighted by Crippen LogP contribution is -2.08. The molecule has 0 saturated carbocycles. The highest BCUT2D eigenvalue weighted by Crippen LogP contribution is 2.36. The van der Waals surface area contributed by atoms with Crippen LogP contribution in [0.3, 0.4) is 0 Å². The van der Waals surface area contributed by atoms with Gasteiger partial charge in [0.25, 0.3) is 0 Å². The summed E-state index contributed by atoms with van der Waals surface area (Å²) in [7, 11) is 0. The molecule has 0 saturated heterocycles. The zero-order valence-electron chi connectivity index (χ0n) is 12.5. The maximum absolute atomic E-state index is 6.20. The number of imidazole rings is 1. The van der Waals surface area contributed by atoms with E-state index in [9.17, 15) is 0 Å². The van der Waals surface area contributed by atoms with Crippen molar-refractivity contribution in [3.63, 3.8) is 0 Å². The molecule has 0 spiro atoms. The highest BCUT2D eigenvalue weighted by Gasteiger charge is 2.19. The second-order valence-corrected chi connectivity index (χ2v) is 6.84. The predicted octanol–water partition coefficient (Wildman–Crippen LogP) is 4.23. The summed E-state index contributed by atoms with van der Waals surface area (Å²) < 4.78 is 1.91. The standard InChI is InChI=1S/C16H13Cl2N5S/c1-2-3-4-7-23-9-20-14(19)13-15(23)22-16(21-13)24-12-6-5-10(17)8-11(12)18/h1,5-6,8-9H,3-4,7,19H2. The normalized spacial score (nSPS) is 10.9. The van der Waals surface area contributed by atoms with Gasteiger partial charge in [-0.1, -0.05) is 23.2 Å². The number of halogens is 2. The molecule has 0 aromatic heterocycles. The van der Waals surface area contributed by atoms with Crippen LogP contribution in [-0.2, 0) is 6.54 Å². The van der Waals surface area contributed by atoms with Crippen LogP contribution in [0.4, 0.5) is 5.82 Å². The molecule has 2 N–H and O–H groups in total. The van der Waals surface area contributed by atoms with Gasteiger partial charge in [0.1, 0.15) is 0 Å². The zero-order chi connectivity index (χ0) is 17.1. The van der Waals surface area contributed by atoms with Crippen LogP contribution in [0, 0.1) is 12.3 Å². The summed E-state index contributed by atoms with van der Waals surface area (Å²) in [6.45, 7) is 0.707. The molecule has 2 aliphatic rings. The Morgan fingerprint density at radius 1 is 1.29 bits per heavy atom. The topological polar surface area (TPSA) is 69.6 Å². The Bertz CT molecular complexity index is 887. The second kappa shape index (κ2) is 7.31. The van der Waals surface area contributed by atoms with Crippen LogP contribution in [0.25, 0.3) is 11.5 Å². The van der Waals surface area contributed by atoms with Crippen molar-refractivity contribution in [2.45, 2.75) is 29.4 Å². The Hall–Kier alpha value is -1.94. The summed E-state index contributed by atoms with van der Waals surface area (Å²) in [6.07, 6.45) is 8.48. The fourth-order valence-electron chi connectivity index (χ4n) is 2.15. The lowest BCUT2D eigenvalue weighted by Gasteiger charge is -2.09. The van der Waals surface area contributed by atoms with E-state index in [1.165, 1.54) is 11.8 Å². The number of anilines is 1. The van der Waals surface area contributed by atoms with Crippen LogP contribution in [0.1, 0.15) is 12.8 Å². The average Bonchev–Trinajstić information content (AvgIpc) is 2.97. The Kier molecular flexibility index (Phi) is 5.14. The molecule has 0 aliphatic carbocycles. The minimum atomic E-state index is 0.347. The van der Waals surface area contributed by atoms with Crippen molar-refractivity contribution < 1.29 is 0 Å². The van der Waals surface area contributed by atoms with Gasteiger partial charge in [0.05, 0.1) is 11.3 Å². The molecule has 122 valence electrons. The van der Waals surface area contributed by atoms with Crippen LogP contribution < -0.4 is 5.73 Å². The molecular formula is C16H13Cl2N5S. The van der Waals surface area contributed by atoms with Crippen LogP contribution in [0.15, 0.2) is 34.6 Å². The summed E-state index contributed by atoms with van der Waals surface area (Å²) in [6, 6.07) is 5.29. The summed E-state index contributed by atoms with van der Waals surface area (Å²) in [5.41, 5.74) is 6.50. The van der Waals surface area contributed by atoms with E-state index in [1.807, 2.05) is 10.6 Å². The number of aromatic nitrogens is 4. The third-order valence-electron chi connectivity index (χ3n) is 3.29. The van der Waals surface area contributed by atoms with Gasteiger partial charge in [-0.2, -0.15) is 0 Å². The number of nitrogen functional groups attached to an aromatic ring is 1. The van der Waals surface area contributed by atoms with Crippen LogP contribution in [-0.4, -0.2) is 19.5 Å². The van der Waals surface area contributed by atoms with E-state index >= 15 is 0 Å². The Labute approximate surface area is 153 Å². The summed E-state index contributed by atoms with van der Waals surface area (Å²) in [5, 5.41) is 1.69. The van der Waals surface area contributed by atoms with E-state index in [2.05, 4.69) is 20.9 Å². The Morgan fingerprint density at radius 2 is 2.12 bits per heavy atom. The van der Waals surface area contributed by atoms with Gasteiger partial charge in [-0.3, -0.25) is 0 Å². The highest BCUT2D eigenvalue weighted by molar-refractivity contribution is 7.99. The van der Waals surface area contributed by atoms with E-state index < -0.39 is 0 Å². The van der Waals surface area contributed by atoms with Crippen molar-refractivity contribution in [1.82, 2.24) is 19.5 Å². The van der Waals surface area contributed by atoms with Crippen LogP contribution >= 0.6 is 35.0 Å². The van der Waals surface area contributed by atoms with Gasteiger partial charge in [-0.05, 0) is 36.4 Å². The molecule has 0 unspecified atom stereocenters. The molecule has 0 amide bonds. The highest BCUT2D eigenvalue weighted by atomic mass is 35.5. The summed E-state index contributed by atoms with van der Waals surface area (Å²) in [5.74, 6) is 3.66. The lowest BCUT2D eigenvalue weighted by molar-refractivity contribution is 0.638. The Morgan fingerprint density at radius 3 is 2.88 bits per heavy atom. The molecule has 3 rings (SSSR count). The van der Waals surface area contributed by atoms with Gasteiger partial charge in [-0.25, -0.2) is 15.0 Å². The first-order chi connectivity index (χ1) is 11.6. The van der Waals surface area contributed by atoms with Crippen LogP contribution in [0.5, 0.6) is 0 Å². The molecule has 1 aromatic carbocycles. The number of nitrogens with zero attached hydrogens (tertiary/aromatic N) is 4. The van der Waals surface area contributed by atoms with Crippen molar-refractivity contribution in [2.24, 2.45) is 0 Å². The maximum Gasteiger partial charge on any atom is 0.195 e. The Balaban J connectivity index is 1.92. The molecule has 2 heterocycles. The molecule has 8 heteroatoms. The second-order valence-electron chi connectivity index (χ2n) is 4.99. The predicted molar refractivity (Wildman–Crippen MR) is 97.5 cm³/mol. The molecule has 0 atom stereocenters. The monoisotopic (exact) mass is 377 g/mol. The van der Waals surface area contributed by atoms with Crippen molar-refractivity contribution in [3.05, 3.63) is 34.6 Å². The minimum absolute atomic E-state index is 0.347. The van der Waals surface area contributed by atoms with E-state index in [1.54, 1.807) is 18.5 Å². The average molecular weight is 378 g/mol. The first-order valence-electron chi connectivity index (χ1n) is 7.13. The van der Waals surface area contributed by atoms with E-state index in [-0.39, 0.29) is 0 Å². The number of benzene rings is 1. The SMILES string of the molecule is C#CCCCn1cnc(N)c2nc(Sc3ccc(Cl)cc3Cl)nc1-2. The molecule has 0 radical (unpaired) electrons. The van der Waals surface area contributed by atoms with E-state index in [4.69, 9.17) is 35.4 Å². The number of hydrogen-bond donors (Lipinski definition) is 1. The number of unbranched alkanes of at least 4 members (excludes halogenated alkanes) is 1. The van der Waals surface area contributed by atoms with Gasteiger partial charge in [0, 0.05) is 22.9 Å². The molecular weight excluding hydrogens is 365 g/mol. The van der Waals surface area contributed by atoms with Crippen molar-refractivity contribution in [1.29, 1.82) is 0 Å². The van der Waals surface area contributed by atoms with Gasteiger partial charge in [-0.15, -0.1) is 12.3 Å². The van der Waals surface area contributed by atoms with Gasteiger partial charge in [0.15, 0.2) is 22.5 Å². The maximum atomic E-state index is 6.20. The van der Waals surface area contributed by atoms with Gasteiger partial charge in [0.2, 0.25) is 0 Å². The molecule has 0 fully saturated rings. The quantitative estimate of drug-likeness (QED) is 0.532. The van der Waals surface area contributed by atoms with E-state index in [0.29, 0.717) is 45.5 Å². The fraction of sp³-hybridized carbons (Fsp3) is 0.188. The number of terminal acetylenes is 1. The summed E-state index contributed by atoms with van der Waals surface area (Å²) in [4.78, 5) is 14.0. The zero-order valence-corrected chi connectivity index (χ0v) is 14.9. The van der Waals surface area contributed by atoms with Crippen LogP contribution in [0.2, 0.25) is 10.0 Å². The third-order valence-corrected chi connectivity index (χ3v) is 4.89. The largest absolute Gasteiger partial charge is 0.382 e. The van der Waals surface area contributed by atoms with Gasteiger partial charge < -0.3 is 10.3 Å². The van der Waals surface area contributed by atoms with Crippen molar-refractivity contribution >= 4 is 40.8 Å².